The molecule has 90 valence electrons. The molecule has 0 fully saturated rings. The van der Waals surface area contributed by atoms with E-state index in [4.69, 9.17) is 10.2 Å². The van der Waals surface area contributed by atoms with Crippen molar-refractivity contribution in [2.45, 2.75) is 20.4 Å². The Morgan fingerprint density at radius 1 is 1.56 bits per heavy atom. The van der Waals surface area contributed by atoms with Crippen LogP contribution in [-0.2, 0) is 11.3 Å². The predicted molar refractivity (Wildman–Crippen MR) is 65.7 cm³/mol. The molecular formula is C11H17BrN2O2. The lowest BCUT2D eigenvalue weighted by Crippen LogP contribution is -2.42. The molecule has 4 nitrogen and oxygen atoms in total. The van der Waals surface area contributed by atoms with Gasteiger partial charge in [0.05, 0.1) is 12.0 Å². The van der Waals surface area contributed by atoms with Gasteiger partial charge in [0.2, 0.25) is 5.91 Å². The van der Waals surface area contributed by atoms with E-state index in [2.05, 4.69) is 15.9 Å². The average Bonchev–Trinajstić information content (AvgIpc) is 2.62. The van der Waals surface area contributed by atoms with Crippen LogP contribution in [0.1, 0.15) is 19.6 Å². The highest BCUT2D eigenvalue weighted by atomic mass is 79.9. The van der Waals surface area contributed by atoms with Crippen molar-refractivity contribution >= 4 is 21.8 Å². The molecule has 1 heterocycles. The summed E-state index contributed by atoms with van der Waals surface area (Å²) in [6.45, 7) is 4.46. The largest absolute Gasteiger partial charge is 0.452 e. The molecule has 0 aromatic carbocycles. The van der Waals surface area contributed by atoms with Gasteiger partial charge in [-0.1, -0.05) is 0 Å². The van der Waals surface area contributed by atoms with Crippen molar-refractivity contribution in [3.05, 3.63) is 22.6 Å². The number of carbonyl (C=O) groups excluding carboxylic acids is 1. The Bertz CT molecular complexity index is 374. The van der Waals surface area contributed by atoms with E-state index in [1.807, 2.05) is 26.0 Å². The van der Waals surface area contributed by atoms with E-state index in [-0.39, 0.29) is 5.91 Å². The molecule has 1 aromatic heterocycles. The Kier molecular flexibility index (Phi) is 4.15. The van der Waals surface area contributed by atoms with E-state index in [9.17, 15) is 4.79 Å². The van der Waals surface area contributed by atoms with Gasteiger partial charge in [-0.25, -0.2) is 0 Å². The summed E-state index contributed by atoms with van der Waals surface area (Å²) in [7, 11) is 1.75. The molecule has 0 saturated carbocycles. The van der Waals surface area contributed by atoms with Gasteiger partial charge >= 0.3 is 0 Å². The highest BCUT2D eigenvalue weighted by Crippen LogP contribution is 2.19. The lowest BCUT2D eigenvalue weighted by molar-refractivity contribution is -0.139. The van der Waals surface area contributed by atoms with E-state index in [0.717, 1.165) is 5.76 Å². The topological polar surface area (TPSA) is 59.5 Å². The molecule has 0 atom stereocenters. The highest BCUT2D eigenvalue weighted by Gasteiger charge is 2.29. The Morgan fingerprint density at radius 2 is 2.19 bits per heavy atom. The second kappa shape index (κ2) is 5.01. The second-order valence-electron chi connectivity index (χ2n) is 4.46. The van der Waals surface area contributed by atoms with Crippen LogP contribution in [0, 0.1) is 5.41 Å². The zero-order valence-electron chi connectivity index (χ0n) is 9.79. The van der Waals surface area contributed by atoms with Crippen molar-refractivity contribution in [3.8, 4) is 0 Å². The van der Waals surface area contributed by atoms with Crippen molar-refractivity contribution in [2.24, 2.45) is 11.1 Å². The van der Waals surface area contributed by atoms with Gasteiger partial charge in [0.25, 0.3) is 0 Å². The minimum absolute atomic E-state index is 0.0162. The lowest BCUT2D eigenvalue weighted by Gasteiger charge is -2.27. The van der Waals surface area contributed by atoms with E-state index in [0.29, 0.717) is 17.8 Å². The maximum atomic E-state index is 12.0. The normalized spacial score (nSPS) is 11.6. The van der Waals surface area contributed by atoms with Gasteiger partial charge in [-0.05, 0) is 41.9 Å². The summed E-state index contributed by atoms with van der Waals surface area (Å²) in [6.07, 6.45) is 0. The van der Waals surface area contributed by atoms with Crippen LogP contribution in [0.25, 0.3) is 0 Å². The molecule has 0 spiro atoms. The van der Waals surface area contributed by atoms with Crippen LogP contribution >= 0.6 is 15.9 Å². The van der Waals surface area contributed by atoms with Crippen LogP contribution in [-0.4, -0.2) is 24.4 Å². The first-order valence-electron chi connectivity index (χ1n) is 5.06. The second-order valence-corrected chi connectivity index (χ2v) is 5.24. The SMILES string of the molecule is CN(Cc1ccc(Br)o1)C(=O)C(C)(C)CN. The third-order valence-corrected chi connectivity index (χ3v) is 2.88. The molecule has 2 N–H and O–H groups in total. The van der Waals surface area contributed by atoms with E-state index >= 15 is 0 Å². The molecular weight excluding hydrogens is 272 g/mol. The maximum Gasteiger partial charge on any atom is 0.229 e. The van der Waals surface area contributed by atoms with Crippen molar-refractivity contribution in [2.75, 3.05) is 13.6 Å². The van der Waals surface area contributed by atoms with Crippen molar-refractivity contribution in [3.63, 3.8) is 0 Å². The standard InChI is InChI=1S/C11H17BrN2O2/c1-11(2,7-13)10(15)14(3)6-8-4-5-9(12)16-8/h4-5H,6-7,13H2,1-3H3. The fourth-order valence-electron chi connectivity index (χ4n) is 1.35. The van der Waals surface area contributed by atoms with E-state index in [1.165, 1.54) is 0 Å². The van der Waals surface area contributed by atoms with Gasteiger partial charge in [0, 0.05) is 13.6 Å². The Labute approximate surface area is 104 Å². The van der Waals surface area contributed by atoms with Crippen LogP contribution in [0.4, 0.5) is 0 Å². The minimum atomic E-state index is -0.529. The van der Waals surface area contributed by atoms with Crippen LogP contribution in [0.2, 0.25) is 0 Å². The molecule has 1 rings (SSSR count). The summed E-state index contributed by atoms with van der Waals surface area (Å²) < 4.78 is 6.01. The van der Waals surface area contributed by atoms with Crippen molar-refractivity contribution in [1.82, 2.24) is 4.90 Å². The Balaban J connectivity index is 2.65. The molecule has 0 unspecified atom stereocenters. The molecule has 5 heteroatoms. The molecule has 0 saturated heterocycles. The highest BCUT2D eigenvalue weighted by molar-refractivity contribution is 9.10. The molecule has 0 bridgehead atoms. The molecule has 16 heavy (non-hydrogen) atoms. The van der Waals surface area contributed by atoms with Crippen LogP contribution in [0.5, 0.6) is 0 Å². The first-order chi connectivity index (χ1) is 7.36. The van der Waals surface area contributed by atoms with Gasteiger partial charge < -0.3 is 15.1 Å². The lowest BCUT2D eigenvalue weighted by atomic mass is 9.92. The molecule has 0 aliphatic carbocycles. The average molecular weight is 289 g/mol. The summed E-state index contributed by atoms with van der Waals surface area (Å²) >= 11 is 3.22. The summed E-state index contributed by atoms with van der Waals surface area (Å²) in [4.78, 5) is 13.6. The Hall–Kier alpha value is -0.810. The monoisotopic (exact) mass is 288 g/mol. The van der Waals surface area contributed by atoms with Crippen molar-refractivity contribution < 1.29 is 9.21 Å². The zero-order chi connectivity index (χ0) is 12.3. The molecule has 0 aliphatic rings. The minimum Gasteiger partial charge on any atom is -0.452 e. The third-order valence-electron chi connectivity index (χ3n) is 2.46. The first kappa shape index (κ1) is 13.3. The summed E-state index contributed by atoms with van der Waals surface area (Å²) in [5.41, 5.74) is 5.03. The van der Waals surface area contributed by atoms with Crippen molar-refractivity contribution in [1.29, 1.82) is 0 Å². The molecule has 0 aliphatic heterocycles. The maximum absolute atomic E-state index is 12.0. The van der Waals surface area contributed by atoms with E-state index in [1.54, 1.807) is 11.9 Å². The number of furan rings is 1. The van der Waals surface area contributed by atoms with Crippen LogP contribution in [0.3, 0.4) is 0 Å². The van der Waals surface area contributed by atoms with Crippen LogP contribution < -0.4 is 5.73 Å². The fraction of sp³-hybridized carbons (Fsp3) is 0.545. The van der Waals surface area contributed by atoms with Gasteiger partial charge in [0.1, 0.15) is 5.76 Å². The number of hydrogen-bond acceptors (Lipinski definition) is 3. The molecule has 0 radical (unpaired) electrons. The number of rotatable bonds is 4. The van der Waals surface area contributed by atoms with Crippen LogP contribution in [0.15, 0.2) is 21.2 Å². The van der Waals surface area contributed by atoms with Gasteiger partial charge in [-0.2, -0.15) is 0 Å². The van der Waals surface area contributed by atoms with E-state index < -0.39 is 5.41 Å². The van der Waals surface area contributed by atoms with Gasteiger partial charge in [-0.15, -0.1) is 0 Å². The summed E-state index contributed by atoms with van der Waals surface area (Å²) in [5, 5.41) is 0. The Morgan fingerprint density at radius 3 is 2.62 bits per heavy atom. The summed E-state index contributed by atoms with van der Waals surface area (Å²) in [5.74, 6) is 0.762. The smallest absolute Gasteiger partial charge is 0.229 e. The third kappa shape index (κ3) is 3.09. The van der Waals surface area contributed by atoms with Gasteiger partial charge in [-0.3, -0.25) is 4.79 Å². The fourth-order valence-corrected chi connectivity index (χ4v) is 1.69. The number of hydrogen-bond donors (Lipinski definition) is 1. The number of halogens is 1. The number of amides is 1. The first-order valence-corrected chi connectivity index (χ1v) is 5.86. The quantitative estimate of drug-likeness (QED) is 0.922. The zero-order valence-corrected chi connectivity index (χ0v) is 11.4. The van der Waals surface area contributed by atoms with Gasteiger partial charge in [0.15, 0.2) is 4.67 Å². The number of nitrogens with zero attached hydrogens (tertiary/aromatic N) is 1. The number of nitrogens with two attached hydrogens (primary N) is 1. The number of carbonyl (C=O) groups is 1. The summed E-state index contributed by atoms with van der Waals surface area (Å²) in [6, 6.07) is 3.64. The molecule has 1 amide bonds. The predicted octanol–water partition coefficient (Wildman–Crippen LogP) is 1.99. The molecule has 1 aromatic rings.